The van der Waals surface area contributed by atoms with Crippen LogP contribution in [0, 0.1) is 5.92 Å². The van der Waals surface area contributed by atoms with E-state index in [1.807, 2.05) is 0 Å². The van der Waals surface area contributed by atoms with Crippen LogP contribution in [-0.2, 0) is 19.6 Å². The Bertz CT molecular complexity index is 594. The number of hydrogen-bond donors (Lipinski definition) is 1. The first kappa shape index (κ1) is 22.4. The van der Waals surface area contributed by atoms with E-state index in [1.165, 1.54) is 4.31 Å². The minimum Gasteiger partial charge on any atom is -0.480 e. The quantitative estimate of drug-likeness (QED) is 0.616. The van der Waals surface area contributed by atoms with Gasteiger partial charge in [0.25, 0.3) is 0 Å². The number of alkyl halides is 3. The highest BCUT2D eigenvalue weighted by Gasteiger charge is 2.54. The second-order valence-electron chi connectivity index (χ2n) is 7.47. The molecule has 1 N–H and O–H groups in total. The predicted octanol–water partition coefficient (Wildman–Crippen LogP) is 3.17. The molecular weight excluding hydrogens is 387 g/mol. The Morgan fingerprint density at radius 2 is 1.70 bits per heavy atom. The molecule has 0 spiro atoms. The van der Waals surface area contributed by atoms with E-state index in [0.717, 1.165) is 6.42 Å². The Hall–Kier alpha value is -0.870. The summed E-state index contributed by atoms with van der Waals surface area (Å²) in [5, 5.41) is 9.59. The Labute approximate surface area is 158 Å². The normalized spacial score (nSPS) is 22.6. The smallest absolute Gasteiger partial charge is 0.389 e. The Balaban J connectivity index is 1.83. The van der Waals surface area contributed by atoms with Gasteiger partial charge in [0.1, 0.15) is 0 Å². The lowest BCUT2D eigenvalue weighted by Gasteiger charge is -2.39. The third-order valence-electron chi connectivity index (χ3n) is 5.67. The summed E-state index contributed by atoms with van der Waals surface area (Å²) in [6, 6.07) is 0. The third-order valence-corrected chi connectivity index (χ3v) is 8.29. The van der Waals surface area contributed by atoms with E-state index < -0.39 is 33.3 Å². The molecule has 0 unspecified atom stereocenters. The van der Waals surface area contributed by atoms with Crippen LogP contribution in [0.5, 0.6) is 0 Å². The Morgan fingerprint density at radius 1 is 1.11 bits per heavy atom. The second kappa shape index (κ2) is 9.09. The van der Waals surface area contributed by atoms with Gasteiger partial charge >= 0.3 is 12.1 Å². The van der Waals surface area contributed by atoms with Crippen molar-refractivity contribution >= 4 is 16.0 Å². The third kappa shape index (κ3) is 5.57. The van der Waals surface area contributed by atoms with Crippen molar-refractivity contribution in [3.8, 4) is 0 Å². The molecule has 0 amide bonds. The van der Waals surface area contributed by atoms with E-state index in [-0.39, 0.29) is 51.5 Å². The van der Waals surface area contributed by atoms with Gasteiger partial charge in [0.05, 0.1) is 0 Å². The van der Waals surface area contributed by atoms with Gasteiger partial charge in [0, 0.05) is 45.6 Å². The molecule has 2 aliphatic heterocycles. The number of carbonyl (C=O) groups is 1. The summed E-state index contributed by atoms with van der Waals surface area (Å²) in [6.45, 7) is 0.761. The van der Waals surface area contributed by atoms with Crippen molar-refractivity contribution in [2.24, 2.45) is 5.92 Å². The number of halogens is 3. The zero-order chi connectivity index (χ0) is 20.1. The molecule has 2 saturated heterocycles. The highest BCUT2D eigenvalue weighted by atomic mass is 32.2. The van der Waals surface area contributed by atoms with Crippen LogP contribution in [0.2, 0.25) is 0 Å². The van der Waals surface area contributed by atoms with Crippen molar-refractivity contribution in [1.29, 1.82) is 0 Å². The van der Waals surface area contributed by atoms with Crippen molar-refractivity contribution in [2.75, 3.05) is 26.3 Å². The summed E-state index contributed by atoms with van der Waals surface area (Å²) in [7, 11) is -3.99. The summed E-state index contributed by atoms with van der Waals surface area (Å²) in [5.74, 6) is -1.05. The minimum absolute atomic E-state index is 0.0518. The molecular formula is C17H28F3NO5S. The van der Waals surface area contributed by atoms with Crippen LogP contribution in [-0.4, -0.2) is 61.0 Å². The second-order valence-corrected chi connectivity index (χ2v) is 9.72. The van der Waals surface area contributed by atoms with Gasteiger partial charge in [-0.15, -0.1) is 0 Å². The first-order valence-electron chi connectivity index (χ1n) is 9.46. The topological polar surface area (TPSA) is 83.9 Å². The number of nitrogens with zero attached hydrogens (tertiary/aromatic N) is 1. The summed E-state index contributed by atoms with van der Waals surface area (Å²) in [4.78, 5) is 11.8. The van der Waals surface area contributed by atoms with Gasteiger partial charge < -0.3 is 9.84 Å². The van der Waals surface area contributed by atoms with E-state index in [4.69, 9.17) is 4.74 Å². The zero-order valence-electron chi connectivity index (χ0n) is 15.3. The van der Waals surface area contributed by atoms with Gasteiger partial charge in [0.2, 0.25) is 10.0 Å². The largest absolute Gasteiger partial charge is 0.480 e. The van der Waals surface area contributed by atoms with E-state index in [2.05, 4.69) is 0 Å². The molecule has 0 radical (unpaired) electrons. The fraction of sp³-hybridized carbons (Fsp3) is 0.941. The number of rotatable bonds is 8. The summed E-state index contributed by atoms with van der Waals surface area (Å²) in [6.07, 6.45) is -1.62. The minimum atomic E-state index is -4.11. The van der Waals surface area contributed by atoms with Crippen molar-refractivity contribution in [3.05, 3.63) is 0 Å². The standard InChI is InChI=1S/C17H28F3NO5S/c18-17(19,20)7-3-1-2-4-14-5-10-21(11-6-14)27(24,25)16(15(22)23)8-12-26-13-9-16/h14H,1-13H2,(H,22,23). The first-order chi connectivity index (χ1) is 12.6. The lowest BCUT2D eigenvalue weighted by atomic mass is 9.92. The van der Waals surface area contributed by atoms with Crippen LogP contribution in [0.25, 0.3) is 0 Å². The fourth-order valence-corrected chi connectivity index (χ4v) is 5.99. The maximum Gasteiger partial charge on any atom is 0.389 e. The van der Waals surface area contributed by atoms with E-state index in [9.17, 15) is 31.5 Å². The molecule has 0 aromatic carbocycles. The average Bonchev–Trinajstić information content (AvgIpc) is 2.61. The highest BCUT2D eigenvalue weighted by molar-refractivity contribution is 7.91. The van der Waals surface area contributed by atoms with Crippen LogP contribution in [0.15, 0.2) is 0 Å². The molecule has 0 aliphatic carbocycles. The van der Waals surface area contributed by atoms with E-state index >= 15 is 0 Å². The number of unbranched alkanes of at least 4 members (excludes halogenated alkanes) is 2. The van der Waals surface area contributed by atoms with Crippen LogP contribution >= 0.6 is 0 Å². The number of carboxylic acid groups (broad SMARTS) is 1. The summed E-state index contributed by atoms with van der Waals surface area (Å²) >= 11 is 0. The number of ether oxygens (including phenoxy) is 1. The molecule has 6 nitrogen and oxygen atoms in total. The van der Waals surface area contributed by atoms with Gasteiger partial charge in [-0.3, -0.25) is 4.79 Å². The van der Waals surface area contributed by atoms with Crippen molar-refractivity contribution in [3.63, 3.8) is 0 Å². The number of hydrogen-bond acceptors (Lipinski definition) is 4. The zero-order valence-corrected chi connectivity index (χ0v) is 16.2. The molecule has 2 fully saturated rings. The van der Waals surface area contributed by atoms with E-state index in [0.29, 0.717) is 25.7 Å². The molecule has 158 valence electrons. The molecule has 27 heavy (non-hydrogen) atoms. The fourth-order valence-electron chi connectivity index (χ4n) is 3.90. The van der Waals surface area contributed by atoms with Gasteiger partial charge in [-0.1, -0.05) is 19.3 Å². The molecule has 0 aromatic rings. The molecule has 10 heteroatoms. The van der Waals surface area contributed by atoms with Crippen LogP contribution < -0.4 is 0 Å². The number of carboxylic acids is 1. The Morgan fingerprint density at radius 3 is 2.22 bits per heavy atom. The molecule has 0 saturated carbocycles. The van der Waals surface area contributed by atoms with Crippen molar-refractivity contribution < 1.29 is 36.2 Å². The van der Waals surface area contributed by atoms with E-state index in [1.54, 1.807) is 0 Å². The maximum absolute atomic E-state index is 13.0. The van der Waals surface area contributed by atoms with Crippen LogP contribution in [0.1, 0.15) is 57.8 Å². The maximum atomic E-state index is 13.0. The predicted molar refractivity (Wildman–Crippen MR) is 92.8 cm³/mol. The first-order valence-corrected chi connectivity index (χ1v) is 10.9. The van der Waals surface area contributed by atoms with Gasteiger partial charge in [0.15, 0.2) is 4.75 Å². The van der Waals surface area contributed by atoms with Crippen molar-refractivity contribution in [1.82, 2.24) is 4.31 Å². The van der Waals surface area contributed by atoms with Gasteiger partial charge in [-0.2, -0.15) is 13.2 Å². The Kier molecular flexibility index (Phi) is 7.54. The number of piperidine rings is 1. The summed E-state index contributed by atoms with van der Waals surface area (Å²) < 4.78 is 67.0. The number of aliphatic carboxylic acids is 1. The van der Waals surface area contributed by atoms with Crippen molar-refractivity contribution in [2.45, 2.75) is 68.7 Å². The molecule has 2 aliphatic rings. The van der Waals surface area contributed by atoms with Gasteiger partial charge in [-0.05, 0) is 25.2 Å². The van der Waals surface area contributed by atoms with Crippen LogP contribution in [0.3, 0.4) is 0 Å². The van der Waals surface area contributed by atoms with Crippen LogP contribution in [0.4, 0.5) is 13.2 Å². The summed E-state index contributed by atoms with van der Waals surface area (Å²) in [5.41, 5.74) is 0. The molecule has 2 rings (SSSR count). The monoisotopic (exact) mass is 415 g/mol. The van der Waals surface area contributed by atoms with Gasteiger partial charge in [-0.25, -0.2) is 12.7 Å². The molecule has 0 bridgehead atoms. The molecule has 0 aromatic heterocycles. The molecule has 0 atom stereocenters. The average molecular weight is 415 g/mol. The number of sulfonamides is 1. The highest BCUT2D eigenvalue weighted by Crippen LogP contribution is 2.35. The lowest BCUT2D eigenvalue weighted by molar-refractivity contribution is -0.143. The lowest BCUT2D eigenvalue weighted by Crippen LogP contribution is -2.57. The SMILES string of the molecule is O=C(O)C1(S(=O)(=O)N2CCC(CCCCCC(F)(F)F)CC2)CCOCC1. The molecule has 2 heterocycles.